The zero-order chi connectivity index (χ0) is 21.4. The lowest BCUT2D eigenvalue weighted by Gasteiger charge is -2.34. The third kappa shape index (κ3) is 4.85. The van der Waals surface area contributed by atoms with Gasteiger partial charge in [0.1, 0.15) is 5.69 Å². The zero-order valence-corrected chi connectivity index (χ0v) is 16.3. The fraction of sp³-hybridized carbons (Fsp3) is 0.571. The van der Waals surface area contributed by atoms with Gasteiger partial charge in [0.2, 0.25) is 0 Å². The summed E-state index contributed by atoms with van der Waals surface area (Å²) in [4.78, 5) is 3.41. The molecular formula is C21H24F6N2. The van der Waals surface area contributed by atoms with E-state index in [1.54, 1.807) is 0 Å². The Morgan fingerprint density at radius 3 is 2.34 bits per heavy atom. The van der Waals surface area contributed by atoms with Crippen LogP contribution in [0.5, 0.6) is 0 Å². The van der Waals surface area contributed by atoms with Gasteiger partial charge >= 0.3 is 12.4 Å². The van der Waals surface area contributed by atoms with Crippen molar-refractivity contribution in [1.29, 1.82) is 0 Å². The monoisotopic (exact) mass is 418 g/mol. The number of pyridine rings is 1. The van der Waals surface area contributed by atoms with Crippen molar-refractivity contribution in [3.05, 3.63) is 41.1 Å². The van der Waals surface area contributed by atoms with Gasteiger partial charge in [-0.25, -0.2) is 4.98 Å². The summed E-state index contributed by atoms with van der Waals surface area (Å²) in [5.41, 5.74) is -2.75. The molecule has 160 valence electrons. The van der Waals surface area contributed by atoms with E-state index in [9.17, 15) is 26.3 Å². The van der Waals surface area contributed by atoms with Crippen molar-refractivity contribution in [2.45, 2.75) is 63.8 Å². The van der Waals surface area contributed by atoms with Gasteiger partial charge in [-0.15, -0.1) is 0 Å². The molecule has 3 rings (SSSR count). The van der Waals surface area contributed by atoms with Gasteiger partial charge in [-0.2, -0.15) is 26.3 Å². The molecule has 0 amide bonds. The molecule has 1 aromatic heterocycles. The van der Waals surface area contributed by atoms with Gasteiger partial charge in [0.05, 0.1) is 11.1 Å². The van der Waals surface area contributed by atoms with E-state index in [4.69, 9.17) is 0 Å². The second-order valence-corrected chi connectivity index (χ2v) is 8.09. The molecule has 1 saturated heterocycles. The maximum absolute atomic E-state index is 13.5. The van der Waals surface area contributed by atoms with Gasteiger partial charge in [-0.3, -0.25) is 0 Å². The molecule has 0 aliphatic carbocycles. The summed E-state index contributed by atoms with van der Waals surface area (Å²) in [7, 11) is 0. The van der Waals surface area contributed by atoms with Gasteiger partial charge in [-0.1, -0.05) is 32.4 Å². The number of nitrogens with one attached hydrogen (secondary N) is 1. The highest BCUT2D eigenvalue weighted by Gasteiger charge is 2.39. The number of halogens is 6. The molecule has 2 aromatic rings. The number of hydrogen-bond acceptors (Lipinski definition) is 2. The van der Waals surface area contributed by atoms with Crippen LogP contribution < -0.4 is 5.32 Å². The number of aromatic nitrogens is 1. The molecule has 0 spiro atoms. The van der Waals surface area contributed by atoms with E-state index < -0.39 is 29.1 Å². The molecule has 1 aliphatic rings. The molecule has 1 fully saturated rings. The van der Waals surface area contributed by atoms with Crippen LogP contribution in [0.3, 0.4) is 0 Å². The number of piperidine rings is 1. The molecule has 1 aromatic carbocycles. The molecule has 29 heavy (non-hydrogen) atoms. The third-order valence-electron chi connectivity index (χ3n) is 5.43. The minimum Gasteiger partial charge on any atom is -0.313 e. The van der Waals surface area contributed by atoms with E-state index >= 15 is 0 Å². The van der Waals surface area contributed by atoms with Crippen LogP contribution in [0.4, 0.5) is 26.3 Å². The van der Waals surface area contributed by atoms with Gasteiger partial charge < -0.3 is 5.32 Å². The first-order valence-electron chi connectivity index (χ1n) is 9.80. The minimum atomic E-state index is -4.83. The lowest BCUT2D eigenvalue weighted by molar-refractivity contribution is -0.142. The highest BCUT2D eigenvalue weighted by Crippen LogP contribution is 2.42. The Kier molecular flexibility index (Phi) is 6.13. The molecule has 8 heteroatoms. The summed E-state index contributed by atoms with van der Waals surface area (Å²) in [6, 6.07) is 4.35. The van der Waals surface area contributed by atoms with Crippen LogP contribution >= 0.6 is 0 Å². The number of benzene rings is 1. The Hall–Kier alpha value is -1.83. The molecule has 2 unspecified atom stereocenters. The lowest BCUT2D eigenvalue weighted by Crippen LogP contribution is -2.39. The fourth-order valence-electron chi connectivity index (χ4n) is 4.19. The first-order valence-corrected chi connectivity index (χ1v) is 9.80. The average molecular weight is 418 g/mol. The lowest BCUT2D eigenvalue weighted by atomic mass is 9.79. The van der Waals surface area contributed by atoms with Crippen molar-refractivity contribution in [1.82, 2.24) is 10.3 Å². The predicted molar refractivity (Wildman–Crippen MR) is 99.6 cm³/mol. The molecule has 0 radical (unpaired) electrons. The van der Waals surface area contributed by atoms with Crippen molar-refractivity contribution in [2.24, 2.45) is 5.92 Å². The fourth-order valence-corrected chi connectivity index (χ4v) is 4.19. The van der Waals surface area contributed by atoms with Crippen molar-refractivity contribution in [2.75, 3.05) is 6.54 Å². The highest BCUT2D eigenvalue weighted by molar-refractivity contribution is 5.86. The van der Waals surface area contributed by atoms with E-state index in [0.29, 0.717) is 12.0 Å². The summed E-state index contributed by atoms with van der Waals surface area (Å²) >= 11 is 0. The Morgan fingerprint density at radius 2 is 1.79 bits per heavy atom. The van der Waals surface area contributed by atoms with Gasteiger partial charge in [0, 0.05) is 17.3 Å². The van der Waals surface area contributed by atoms with Gasteiger partial charge in [0.25, 0.3) is 0 Å². The van der Waals surface area contributed by atoms with Crippen molar-refractivity contribution in [3.63, 3.8) is 0 Å². The zero-order valence-electron chi connectivity index (χ0n) is 16.3. The summed E-state index contributed by atoms with van der Waals surface area (Å²) in [6.07, 6.45) is -6.34. The third-order valence-corrected chi connectivity index (χ3v) is 5.43. The van der Waals surface area contributed by atoms with Crippen LogP contribution in [0.2, 0.25) is 0 Å². The Morgan fingerprint density at radius 1 is 1.07 bits per heavy atom. The number of alkyl halides is 6. The van der Waals surface area contributed by atoms with Crippen LogP contribution in [-0.2, 0) is 12.4 Å². The van der Waals surface area contributed by atoms with E-state index in [0.717, 1.165) is 37.9 Å². The molecule has 1 aliphatic heterocycles. The normalized spacial score (nSPS) is 19.7. The maximum atomic E-state index is 13.5. The van der Waals surface area contributed by atoms with Crippen LogP contribution in [0, 0.1) is 5.92 Å². The predicted octanol–water partition coefficient (Wildman–Crippen LogP) is 6.54. The number of hydrogen-bond donors (Lipinski definition) is 1. The largest absolute Gasteiger partial charge is 0.433 e. The summed E-state index contributed by atoms with van der Waals surface area (Å²) in [6.45, 7) is 4.68. The Bertz CT molecular complexity index is 851. The second-order valence-electron chi connectivity index (χ2n) is 8.09. The summed E-state index contributed by atoms with van der Waals surface area (Å²) in [5.74, 6) is -0.155. The standard InChI is InChI=1S/C21H24F6N2/c1-12(2)10-15(17-8-3-4-9-28-17)14-11-18(21(25,26)27)29-19-13(14)6-5-7-16(19)20(22,23)24/h5-7,11-12,15,17,28H,3-4,8-10H2,1-2H3. The van der Waals surface area contributed by atoms with Crippen LogP contribution in [0.25, 0.3) is 10.9 Å². The van der Waals surface area contributed by atoms with Crippen LogP contribution in [0.1, 0.15) is 62.3 Å². The smallest absolute Gasteiger partial charge is 0.313 e. The van der Waals surface area contributed by atoms with Crippen LogP contribution in [0.15, 0.2) is 24.3 Å². The molecule has 1 N–H and O–H groups in total. The van der Waals surface area contributed by atoms with Crippen molar-refractivity contribution >= 4 is 10.9 Å². The van der Waals surface area contributed by atoms with Crippen molar-refractivity contribution in [3.8, 4) is 0 Å². The van der Waals surface area contributed by atoms with Gasteiger partial charge in [-0.05, 0) is 49.4 Å². The Labute approximate surface area is 165 Å². The number of fused-ring (bicyclic) bond motifs is 1. The molecule has 2 heterocycles. The summed E-state index contributed by atoms with van der Waals surface area (Å²) in [5, 5.41) is 3.51. The highest BCUT2D eigenvalue weighted by atomic mass is 19.4. The second kappa shape index (κ2) is 8.13. The summed E-state index contributed by atoms with van der Waals surface area (Å²) < 4.78 is 81.1. The number of rotatable bonds is 4. The maximum Gasteiger partial charge on any atom is 0.433 e. The molecule has 2 nitrogen and oxygen atoms in total. The van der Waals surface area contributed by atoms with Gasteiger partial charge in [0.15, 0.2) is 0 Å². The number of nitrogens with zero attached hydrogens (tertiary/aromatic N) is 1. The molecular weight excluding hydrogens is 394 g/mol. The van der Waals surface area contributed by atoms with E-state index in [2.05, 4.69) is 10.3 Å². The molecule has 2 atom stereocenters. The molecule has 0 saturated carbocycles. The average Bonchev–Trinajstić information content (AvgIpc) is 2.64. The van der Waals surface area contributed by atoms with Crippen LogP contribution in [-0.4, -0.2) is 17.6 Å². The van der Waals surface area contributed by atoms with E-state index in [-0.39, 0.29) is 23.3 Å². The first-order chi connectivity index (χ1) is 13.5. The first kappa shape index (κ1) is 21.9. The van der Waals surface area contributed by atoms with Crippen molar-refractivity contribution < 1.29 is 26.3 Å². The van der Waals surface area contributed by atoms with E-state index in [1.165, 1.54) is 12.1 Å². The minimum absolute atomic E-state index is 0.0765. The number of para-hydroxylation sites is 1. The topological polar surface area (TPSA) is 24.9 Å². The Balaban J connectivity index is 2.28. The SMILES string of the molecule is CC(C)CC(c1cc(C(F)(F)F)nc2c(C(F)(F)F)cccc12)C1CCCCN1. The molecule has 0 bridgehead atoms. The quantitative estimate of drug-likeness (QED) is 0.570. The van der Waals surface area contributed by atoms with E-state index in [1.807, 2.05) is 13.8 Å².